The Kier molecular flexibility index (Phi) is 5.53. The summed E-state index contributed by atoms with van der Waals surface area (Å²) in [6, 6.07) is 3.53. The van der Waals surface area contributed by atoms with Crippen LogP contribution in [0.3, 0.4) is 0 Å². The zero-order valence-corrected chi connectivity index (χ0v) is 11.1. The molecule has 19 heavy (non-hydrogen) atoms. The van der Waals surface area contributed by atoms with E-state index in [1.807, 2.05) is 0 Å². The van der Waals surface area contributed by atoms with Crippen LogP contribution in [-0.4, -0.2) is 41.5 Å². The van der Waals surface area contributed by atoms with Crippen molar-refractivity contribution in [1.29, 1.82) is 0 Å². The number of carbonyl (C=O) groups excluding carboxylic acids is 1. The number of ether oxygens (including phenoxy) is 1. The number of halogens is 2. The van der Waals surface area contributed by atoms with Crippen molar-refractivity contribution in [3.8, 4) is 5.75 Å². The molecule has 1 rings (SSSR count). The molecule has 1 amide bonds. The maximum atomic E-state index is 12.8. The first-order valence-electron chi connectivity index (χ1n) is 5.51. The smallest absolute Gasteiger partial charge is 0.258 e. The van der Waals surface area contributed by atoms with E-state index < -0.39 is 30.5 Å². The van der Waals surface area contributed by atoms with Gasteiger partial charge in [0.15, 0.2) is 6.61 Å². The summed E-state index contributed by atoms with van der Waals surface area (Å²) in [4.78, 5) is 11.6. The lowest BCUT2D eigenvalue weighted by Gasteiger charge is -2.26. The van der Waals surface area contributed by atoms with Gasteiger partial charge < -0.3 is 20.3 Å². The van der Waals surface area contributed by atoms with Crippen molar-refractivity contribution in [3.05, 3.63) is 29.0 Å². The topological polar surface area (TPSA) is 78.8 Å². The van der Waals surface area contributed by atoms with E-state index in [0.29, 0.717) is 0 Å². The second kappa shape index (κ2) is 6.70. The van der Waals surface area contributed by atoms with Crippen molar-refractivity contribution >= 4 is 17.5 Å². The van der Waals surface area contributed by atoms with Crippen LogP contribution in [-0.2, 0) is 4.79 Å². The van der Waals surface area contributed by atoms with Gasteiger partial charge in [0.1, 0.15) is 11.6 Å². The molecule has 3 N–H and O–H groups in total. The molecule has 0 aliphatic carbocycles. The lowest BCUT2D eigenvalue weighted by atomic mass is 10.1. The van der Waals surface area contributed by atoms with Gasteiger partial charge in [0, 0.05) is 0 Å². The molecular formula is C12H15ClFNO4. The molecule has 0 unspecified atom stereocenters. The predicted molar refractivity (Wildman–Crippen MR) is 67.6 cm³/mol. The minimum Gasteiger partial charge on any atom is -0.482 e. The van der Waals surface area contributed by atoms with Gasteiger partial charge in [0.2, 0.25) is 0 Å². The Morgan fingerprint density at radius 3 is 2.63 bits per heavy atom. The molecule has 0 aliphatic heterocycles. The molecule has 106 valence electrons. The maximum absolute atomic E-state index is 12.8. The van der Waals surface area contributed by atoms with Gasteiger partial charge in [-0.2, -0.15) is 0 Å². The van der Waals surface area contributed by atoms with Crippen molar-refractivity contribution in [2.24, 2.45) is 0 Å². The zero-order chi connectivity index (χ0) is 14.5. The lowest BCUT2D eigenvalue weighted by Crippen LogP contribution is -2.53. The SMILES string of the molecule is CC(CO)(CO)NC(=O)COc1ccc(F)cc1Cl. The first-order valence-corrected chi connectivity index (χ1v) is 5.88. The number of hydrogen-bond acceptors (Lipinski definition) is 4. The van der Waals surface area contributed by atoms with Gasteiger partial charge >= 0.3 is 0 Å². The van der Waals surface area contributed by atoms with E-state index in [1.165, 1.54) is 13.0 Å². The van der Waals surface area contributed by atoms with Crippen molar-refractivity contribution in [2.45, 2.75) is 12.5 Å². The third-order valence-corrected chi connectivity index (χ3v) is 2.69. The van der Waals surface area contributed by atoms with Gasteiger partial charge in [-0.05, 0) is 25.1 Å². The van der Waals surface area contributed by atoms with E-state index in [2.05, 4.69) is 5.32 Å². The highest BCUT2D eigenvalue weighted by Crippen LogP contribution is 2.24. The summed E-state index contributed by atoms with van der Waals surface area (Å²) in [6.45, 7) is 0.301. The molecule has 0 fully saturated rings. The maximum Gasteiger partial charge on any atom is 0.258 e. The van der Waals surface area contributed by atoms with E-state index in [9.17, 15) is 9.18 Å². The minimum absolute atomic E-state index is 0.0554. The van der Waals surface area contributed by atoms with Crippen LogP contribution < -0.4 is 10.1 Å². The summed E-state index contributed by atoms with van der Waals surface area (Å²) in [7, 11) is 0. The largest absolute Gasteiger partial charge is 0.482 e. The Balaban J connectivity index is 2.55. The highest BCUT2D eigenvalue weighted by Gasteiger charge is 2.24. The monoisotopic (exact) mass is 291 g/mol. The number of nitrogens with one attached hydrogen (secondary N) is 1. The normalized spacial score (nSPS) is 11.2. The lowest BCUT2D eigenvalue weighted by molar-refractivity contribution is -0.126. The van der Waals surface area contributed by atoms with Gasteiger partial charge in [-0.25, -0.2) is 4.39 Å². The van der Waals surface area contributed by atoms with Crippen LogP contribution in [0.4, 0.5) is 4.39 Å². The van der Waals surface area contributed by atoms with Crippen LogP contribution in [0.15, 0.2) is 18.2 Å². The van der Waals surface area contributed by atoms with Crippen LogP contribution in [0.1, 0.15) is 6.92 Å². The predicted octanol–water partition coefficient (Wildman–Crippen LogP) is 0.717. The Hall–Kier alpha value is -1.37. The van der Waals surface area contributed by atoms with Crippen molar-refractivity contribution in [1.82, 2.24) is 5.32 Å². The molecule has 0 spiro atoms. The summed E-state index contributed by atoms with van der Waals surface area (Å²) < 4.78 is 17.9. The fraction of sp³-hybridized carbons (Fsp3) is 0.417. The molecule has 0 aromatic heterocycles. The Morgan fingerprint density at radius 2 is 2.11 bits per heavy atom. The third-order valence-electron chi connectivity index (χ3n) is 2.39. The van der Waals surface area contributed by atoms with Gasteiger partial charge in [-0.1, -0.05) is 11.6 Å². The summed E-state index contributed by atoms with van der Waals surface area (Å²) in [5, 5.41) is 20.5. The second-order valence-corrected chi connectivity index (χ2v) is 4.70. The fourth-order valence-corrected chi connectivity index (χ4v) is 1.46. The highest BCUT2D eigenvalue weighted by atomic mass is 35.5. The third kappa shape index (κ3) is 4.66. The molecule has 1 aromatic rings. The Labute approximate surface area is 115 Å². The fourth-order valence-electron chi connectivity index (χ4n) is 1.24. The van der Waals surface area contributed by atoms with E-state index >= 15 is 0 Å². The number of rotatable bonds is 6. The van der Waals surface area contributed by atoms with Crippen LogP contribution in [0.5, 0.6) is 5.75 Å². The number of aliphatic hydroxyl groups is 2. The molecule has 1 aromatic carbocycles. The molecule has 0 bridgehead atoms. The molecule has 5 nitrogen and oxygen atoms in total. The molecule has 0 saturated carbocycles. The molecule has 7 heteroatoms. The quantitative estimate of drug-likeness (QED) is 0.721. The van der Waals surface area contributed by atoms with Crippen molar-refractivity contribution < 1.29 is 24.1 Å². The Morgan fingerprint density at radius 1 is 1.47 bits per heavy atom. The standard InChI is InChI=1S/C12H15ClFNO4/c1-12(6-16,7-17)15-11(18)5-19-10-3-2-8(14)4-9(10)13/h2-4,16-17H,5-7H2,1H3,(H,15,18). The zero-order valence-electron chi connectivity index (χ0n) is 10.3. The van der Waals surface area contributed by atoms with Gasteiger partial charge in [0.05, 0.1) is 23.8 Å². The molecule has 0 atom stereocenters. The molecule has 0 aliphatic rings. The van der Waals surface area contributed by atoms with Gasteiger partial charge in [-0.15, -0.1) is 0 Å². The van der Waals surface area contributed by atoms with E-state index in [1.54, 1.807) is 0 Å². The number of amides is 1. The van der Waals surface area contributed by atoms with Crippen molar-refractivity contribution in [2.75, 3.05) is 19.8 Å². The van der Waals surface area contributed by atoms with E-state index in [-0.39, 0.29) is 17.4 Å². The average Bonchev–Trinajstić information content (AvgIpc) is 2.37. The number of carbonyl (C=O) groups is 1. The molecule has 0 radical (unpaired) electrons. The molecular weight excluding hydrogens is 277 g/mol. The summed E-state index contributed by atoms with van der Waals surface area (Å²) in [5.74, 6) is -0.867. The van der Waals surface area contributed by atoms with E-state index in [0.717, 1.165) is 12.1 Å². The van der Waals surface area contributed by atoms with Gasteiger partial charge in [0.25, 0.3) is 5.91 Å². The van der Waals surface area contributed by atoms with E-state index in [4.69, 9.17) is 26.6 Å². The van der Waals surface area contributed by atoms with Crippen LogP contribution in [0.2, 0.25) is 5.02 Å². The van der Waals surface area contributed by atoms with Crippen molar-refractivity contribution in [3.63, 3.8) is 0 Å². The highest BCUT2D eigenvalue weighted by molar-refractivity contribution is 6.32. The summed E-state index contributed by atoms with van der Waals surface area (Å²) in [6.07, 6.45) is 0. The first-order chi connectivity index (χ1) is 8.90. The average molecular weight is 292 g/mol. The molecule has 0 heterocycles. The van der Waals surface area contributed by atoms with Crippen LogP contribution in [0, 0.1) is 5.82 Å². The number of benzene rings is 1. The number of hydrogen-bond donors (Lipinski definition) is 3. The van der Waals surface area contributed by atoms with Crippen LogP contribution >= 0.6 is 11.6 Å². The summed E-state index contributed by atoms with van der Waals surface area (Å²) >= 11 is 5.72. The van der Waals surface area contributed by atoms with Gasteiger partial charge in [-0.3, -0.25) is 4.79 Å². The summed E-state index contributed by atoms with van der Waals surface area (Å²) in [5.41, 5.74) is -1.12. The van der Waals surface area contributed by atoms with Crippen LogP contribution in [0.25, 0.3) is 0 Å². The number of aliphatic hydroxyl groups excluding tert-OH is 2. The second-order valence-electron chi connectivity index (χ2n) is 4.29. The molecule has 0 saturated heterocycles. The first kappa shape index (κ1) is 15.7. The Bertz CT molecular complexity index is 451. The minimum atomic E-state index is -1.12.